The number of benzene rings is 1. The molecule has 112 valence electrons. The van der Waals surface area contributed by atoms with Crippen molar-refractivity contribution in [2.75, 3.05) is 19.6 Å². The van der Waals surface area contributed by atoms with Gasteiger partial charge in [0.1, 0.15) is 0 Å². The summed E-state index contributed by atoms with van der Waals surface area (Å²) in [5, 5.41) is 1.11. The molecule has 1 N–H and O–H groups in total. The molecule has 0 bridgehead atoms. The third-order valence-electron chi connectivity index (χ3n) is 3.55. The summed E-state index contributed by atoms with van der Waals surface area (Å²) >= 11 is 0. The number of nitrogens with zero attached hydrogens (tertiary/aromatic N) is 1. The zero-order chi connectivity index (χ0) is 15.2. The molecule has 0 atom stereocenters. The molecule has 0 unspecified atom stereocenters. The number of likely N-dealkylation sites (N-methyl/N-ethyl adjacent to an activating group) is 1. The van der Waals surface area contributed by atoms with Gasteiger partial charge in [-0.2, -0.15) is 0 Å². The van der Waals surface area contributed by atoms with E-state index in [1.807, 2.05) is 18.3 Å². The molecule has 0 saturated heterocycles. The maximum Gasteiger partial charge on any atom is 0.308 e. The normalized spacial score (nSPS) is 11.0. The fourth-order valence-electron chi connectivity index (χ4n) is 2.47. The summed E-state index contributed by atoms with van der Waals surface area (Å²) in [7, 11) is 0. The number of carbonyl (C=O) groups excluding carboxylic acids is 1. The number of H-pyrrole nitrogens is 1. The minimum Gasteiger partial charge on any atom is -0.424 e. The van der Waals surface area contributed by atoms with Crippen molar-refractivity contribution < 1.29 is 9.53 Å². The van der Waals surface area contributed by atoms with Crippen LogP contribution in [0.25, 0.3) is 10.9 Å². The Bertz CT molecular complexity index is 631. The second-order valence-electron chi connectivity index (χ2n) is 5.02. The van der Waals surface area contributed by atoms with Crippen LogP contribution >= 0.6 is 0 Å². The zero-order valence-electron chi connectivity index (χ0n) is 12.7. The van der Waals surface area contributed by atoms with Crippen molar-refractivity contribution in [3.8, 4) is 5.75 Å². The van der Waals surface area contributed by atoms with Crippen molar-refractivity contribution in [3.63, 3.8) is 0 Å². The minimum atomic E-state index is -0.304. The van der Waals surface area contributed by atoms with Crippen LogP contribution in [0.4, 0.5) is 0 Å². The average molecular weight is 286 g/mol. The summed E-state index contributed by atoms with van der Waals surface area (Å²) in [6.07, 6.45) is 4.88. The quantitative estimate of drug-likeness (QED) is 0.483. The molecule has 4 nitrogen and oxygen atoms in total. The molecule has 1 heterocycles. The first kappa shape index (κ1) is 15.3. The molecule has 2 aromatic rings. The van der Waals surface area contributed by atoms with Gasteiger partial charge in [0.25, 0.3) is 0 Å². The van der Waals surface area contributed by atoms with E-state index in [9.17, 15) is 4.79 Å². The predicted molar refractivity (Wildman–Crippen MR) is 85.6 cm³/mol. The summed E-state index contributed by atoms with van der Waals surface area (Å²) in [6, 6.07) is 5.78. The van der Waals surface area contributed by atoms with Gasteiger partial charge >= 0.3 is 5.97 Å². The number of ether oxygens (including phenoxy) is 1. The van der Waals surface area contributed by atoms with Crippen LogP contribution < -0.4 is 4.74 Å². The van der Waals surface area contributed by atoms with Crippen LogP contribution in [-0.2, 0) is 11.2 Å². The van der Waals surface area contributed by atoms with Crippen molar-refractivity contribution in [2.24, 2.45) is 0 Å². The highest BCUT2D eigenvalue weighted by molar-refractivity contribution is 5.90. The van der Waals surface area contributed by atoms with Gasteiger partial charge in [-0.05, 0) is 24.6 Å². The molecule has 0 spiro atoms. The first-order valence-electron chi connectivity index (χ1n) is 7.26. The van der Waals surface area contributed by atoms with E-state index >= 15 is 0 Å². The van der Waals surface area contributed by atoms with Crippen LogP contribution in [-0.4, -0.2) is 35.5 Å². The average Bonchev–Trinajstić information content (AvgIpc) is 2.87. The second-order valence-corrected chi connectivity index (χ2v) is 5.02. The number of esters is 1. The van der Waals surface area contributed by atoms with E-state index in [2.05, 4.69) is 29.5 Å². The van der Waals surface area contributed by atoms with Gasteiger partial charge in [0, 0.05) is 31.6 Å². The molecular formula is C17H22N2O2. The van der Waals surface area contributed by atoms with E-state index in [1.54, 1.807) is 6.07 Å². The predicted octanol–water partition coefficient (Wildman–Crippen LogP) is 3.14. The molecule has 4 heteroatoms. The number of fused-ring (bicyclic) bond motifs is 1. The van der Waals surface area contributed by atoms with Crippen LogP contribution in [0.15, 0.2) is 37.1 Å². The third-order valence-corrected chi connectivity index (χ3v) is 3.55. The van der Waals surface area contributed by atoms with Gasteiger partial charge in [-0.1, -0.05) is 25.1 Å². The van der Waals surface area contributed by atoms with E-state index in [4.69, 9.17) is 4.74 Å². The molecule has 0 saturated carbocycles. The smallest absolute Gasteiger partial charge is 0.308 e. The number of hydrogen-bond acceptors (Lipinski definition) is 3. The highest BCUT2D eigenvalue weighted by Crippen LogP contribution is 2.27. The Hall–Kier alpha value is -2.07. The summed E-state index contributed by atoms with van der Waals surface area (Å²) < 4.78 is 5.23. The van der Waals surface area contributed by atoms with Gasteiger partial charge in [-0.15, -0.1) is 6.58 Å². The van der Waals surface area contributed by atoms with Crippen LogP contribution in [0, 0.1) is 0 Å². The lowest BCUT2D eigenvalue weighted by Crippen LogP contribution is -2.25. The summed E-state index contributed by atoms with van der Waals surface area (Å²) in [5.74, 6) is 0.284. The molecule has 0 radical (unpaired) electrons. The molecule has 0 amide bonds. The lowest BCUT2D eigenvalue weighted by molar-refractivity contribution is -0.131. The van der Waals surface area contributed by atoms with E-state index in [1.165, 1.54) is 12.5 Å². The topological polar surface area (TPSA) is 45.3 Å². The lowest BCUT2D eigenvalue weighted by atomic mass is 10.1. The van der Waals surface area contributed by atoms with E-state index < -0.39 is 0 Å². The van der Waals surface area contributed by atoms with Gasteiger partial charge in [0.05, 0.1) is 5.52 Å². The standard InChI is InChI=1S/C17H22N2O2/c1-4-10-19(5-2)11-9-14-12-18-17-15(14)7-6-8-16(17)21-13(3)20/h4,6-8,12,18H,1,5,9-11H2,2-3H3. The van der Waals surface area contributed by atoms with Gasteiger partial charge in [0.15, 0.2) is 5.75 Å². The molecule has 1 aromatic carbocycles. The first-order valence-corrected chi connectivity index (χ1v) is 7.26. The Morgan fingerprint density at radius 1 is 1.48 bits per heavy atom. The zero-order valence-corrected chi connectivity index (χ0v) is 12.7. The van der Waals surface area contributed by atoms with Crippen molar-refractivity contribution in [1.82, 2.24) is 9.88 Å². The Labute approximate surface area is 125 Å². The molecule has 0 aliphatic heterocycles. The van der Waals surface area contributed by atoms with Gasteiger partial charge in [0.2, 0.25) is 0 Å². The monoisotopic (exact) mass is 286 g/mol. The maximum atomic E-state index is 11.1. The third kappa shape index (κ3) is 3.73. The van der Waals surface area contributed by atoms with E-state index in [0.29, 0.717) is 5.75 Å². The lowest BCUT2D eigenvalue weighted by Gasteiger charge is -2.17. The van der Waals surface area contributed by atoms with Crippen LogP contribution in [0.3, 0.4) is 0 Å². The fourth-order valence-corrected chi connectivity index (χ4v) is 2.47. The van der Waals surface area contributed by atoms with Crippen molar-refractivity contribution in [3.05, 3.63) is 42.6 Å². The highest BCUT2D eigenvalue weighted by Gasteiger charge is 2.10. The number of carbonyl (C=O) groups is 1. The molecule has 2 rings (SSSR count). The molecule has 21 heavy (non-hydrogen) atoms. The summed E-state index contributed by atoms with van der Waals surface area (Å²) in [6.45, 7) is 10.2. The maximum absolute atomic E-state index is 11.1. The van der Waals surface area contributed by atoms with Crippen molar-refractivity contribution >= 4 is 16.9 Å². The Kier molecular flexibility index (Phi) is 5.17. The largest absolute Gasteiger partial charge is 0.424 e. The number of aromatic amines is 1. The van der Waals surface area contributed by atoms with E-state index in [-0.39, 0.29) is 5.97 Å². The molecule has 1 aromatic heterocycles. The Morgan fingerprint density at radius 3 is 2.95 bits per heavy atom. The number of nitrogens with one attached hydrogen (secondary N) is 1. The molecule has 0 aliphatic carbocycles. The van der Waals surface area contributed by atoms with Crippen LogP contribution in [0.2, 0.25) is 0 Å². The van der Waals surface area contributed by atoms with E-state index in [0.717, 1.165) is 37.0 Å². The summed E-state index contributed by atoms with van der Waals surface area (Å²) in [5.41, 5.74) is 2.12. The number of para-hydroxylation sites is 1. The first-order chi connectivity index (χ1) is 10.2. The van der Waals surface area contributed by atoms with Gasteiger partial charge in [-0.25, -0.2) is 0 Å². The fraction of sp³-hybridized carbons (Fsp3) is 0.353. The number of rotatable bonds is 7. The number of aromatic nitrogens is 1. The Balaban J connectivity index is 2.18. The van der Waals surface area contributed by atoms with Gasteiger partial charge < -0.3 is 9.72 Å². The van der Waals surface area contributed by atoms with Crippen LogP contribution in [0.1, 0.15) is 19.4 Å². The van der Waals surface area contributed by atoms with Crippen molar-refractivity contribution in [2.45, 2.75) is 20.3 Å². The SMILES string of the molecule is C=CCN(CC)CCc1c[nH]c2c(OC(C)=O)cccc12. The van der Waals surface area contributed by atoms with Crippen LogP contribution in [0.5, 0.6) is 5.75 Å². The highest BCUT2D eigenvalue weighted by atomic mass is 16.5. The van der Waals surface area contributed by atoms with Gasteiger partial charge in [-0.3, -0.25) is 9.69 Å². The van der Waals surface area contributed by atoms with Crippen molar-refractivity contribution in [1.29, 1.82) is 0 Å². The molecule has 0 aliphatic rings. The second kappa shape index (κ2) is 7.09. The Morgan fingerprint density at radius 2 is 2.29 bits per heavy atom. The minimum absolute atomic E-state index is 0.304. The number of hydrogen-bond donors (Lipinski definition) is 1. The molecular weight excluding hydrogens is 264 g/mol. The molecule has 0 fully saturated rings. The summed E-state index contributed by atoms with van der Waals surface area (Å²) in [4.78, 5) is 16.7.